The van der Waals surface area contributed by atoms with Gasteiger partial charge in [0.1, 0.15) is 0 Å². The molecule has 1 aliphatic heterocycles. The normalized spacial score (nSPS) is 15.0. The van der Waals surface area contributed by atoms with Crippen LogP contribution in [0.3, 0.4) is 0 Å². The highest BCUT2D eigenvalue weighted by Crippen LogP contribution is 2.25. The highest BCUT2D eigenvalue weighted by molar-refractivity contribution is 6.30. The second kappa shape index (κ2) is 10.1. The molecule has 2 aromatic heterocycles. The van der Waals surface area contributed by atoms with E-state index in [1.165, 1.54) is 24.8 Å². The van der Waals surface area contributed by atoms with Crippen molar-refractivity contribution in [2.75, 3.05) is 13.1 Å². The average Bonchev–Trinajstić information content (AvgIpc) is 3.39. The van der Waals surface area contributed by atoms with Gasteiger partial charge in [-0.1, -0.05) is 30.3 Å². The third-order valence-electron chi connectivity index (χ3n) is 5.97. The Morgan fingerprint density at radius 1 is 1.25 bits per heavy atom. The Bertz CT molecular complexity index is 1090. The Kier molecular flexibility index (Phi) is 7.05. The molecule has 1 saturated heterocycles. The molecule has 3 heterocycles. The minimum atomic E-state index is 0.523. The number of hydrogen-bond donors (Lipinski definition) is 0. The van der Waals surface area contributed by atoms with Crippen molar-refractivity contribution in [3.8, 4) is 0 Å². The van der Waals surface area contributed by atoms with Gasteiger partial charge in [-0.3, -0.25) is 4.68 Å². The van der Waals surface area contributed by atoms with Crippen molar-refractivity contribution >= 4 is 17.7 Å². The van der Waals surface area contributed by atoms with Crippen LogP contribution >= 0.6 is 11.6 Å². The molecule has 8 heteroatoms. The van der Waals surface area contributed by atoms with E-state index in [1.807, 2.05) is 31.3 Å². The summed E-state index contributed by atoms with van der Waals surface area (Å²) < 4.78 is 2.06. The Hall–Kier alpha value is -2.93. The van der Waals surface area contributed by atoms with Crippen LogP contribution in [0, 0.1) is 19.8 Å². The van der Waals surface area contributed by atoms with E-state index in [1.54, 1.807) is 4.80 Å². The van der Waals surface area contributed by atoms with Crippen LogP contribution in [0.15, 0.2) is 48.9 Å². The molecule has 3 aromatic rings. The fourth-order valence-corrected chi connectivity index (χ4v) is 4.32. The summed E-state index contributed by atoms with van der Waals surface area (Å²) in [5.41, 5.74) is 4.39. The summed E-state index contributed by atoms with van der Waals surface area (Å²) in [5, 5.41) is 17.4. The molecule has 0 amide bonds. The van der Waals surface area contributed by atoms with E-state index in [0.717, 1.165) is 42.4 Å². The Morgan fingerprint density at radius 3 is 2.75 bits per heavy atom. The van der Waals surface area contributed by atoms with Gasteiger partial charge in [-0.2, -0.15) is 9.90 Å². The maximum atomic E-state index is 6.23. The molecule has 0 atom stereocenters. The standard InChI is InChI=1S/C24H30ClN7/c1-18-15-26-31(16-18)13-10-21-8-11-30(12-9-21)19(2)4-5-22-6-7-24(25)14-23(22)17-32-28-20(3)27-29-32/h4-7,14-16,21H,2,8-13,17H2,1,3H3/b5-4+. The monoisotopic (exact) mass is 451 g/mol. The largest absolute Gasteiger partial charge is 0.372 e. The molecule has 0 saturated carbocycles. The SMILES string of the molecule is C=C(/C=C/c1ccc(Cl)cc1Cn1nnc(C)n1)N1CCC(CCn2cc(C)cn2)CC1. The molecule has 0 spiro atoms. The predicted molar refractivity (Wildman–Crippen MR) is 127 cm³/mol. The number of tetrazole rings is 1. The number of piperidine rings is 1. The van der Waals surface area contributed by atoms with Crippen molar-refractivity contribution in [3.05, 3.63) is 76.5 Å². The molecule has 0 radical (unpaired) electrons. The lowest BCUT2D eigenvalue weighted by molar-refractivity contribution is 0.218. The van der Waals surface area contributed by atoms with Crippen LogP contribution in [0.25, 0.3) is 6.08 Å². The first-order chi connectivity index (χ1) is 15.5. The average molecular weight is 452 g/mol. The van der Waals surface area contributed by atoms with E-state index in [9.17, 15) is 0 Å². The molecule has 1 fully saturated rings. The first-order valence-corrected chi connectivity index (χ1v) is 11.5. The summed E-state index contributed by atoms with van der Waals surface area (Å²) in [4.78, 5) is 3.96. The molecule has 168 valence electrons. The van der Waals surface area contributed by atoms with Crippen molar-refractivity contribution in [2.45, 2.75) is 46.2 Å². The van der Waals surface area contributed by atoms with Crippen LogP contribution in [-0.4, -0.2) is 48.0 Å². The number of nitrogens with zero attached hydrogens (tertiary/aromatic N) is 7. The van der Waals surface area contributed by atoms with Gasteiger partial charge in [0.2, 0.25) is 0 Å². The lowest BCUT2D eigenvalue weighted by atomic mass is 9.93. The number of halogens is 1. The smallest absolute Gasteiger partial charge is 0.171 e. The topological polar surface area (TPSA) is 64.7 Å². The van der Waals surface area contributed by atoms with Gasteiger partial charge in [0, 0.05) is 36.6 Å². The lowest BCUT2D eigenvalue weighted by Crippen LogP contribution is -2.32. The molecule has 0 N–H and O–H groups in total. The van der Waals surface area contributed by atoms with Crippen LogP contribution in [0.5, 0.6) is 0 Å². The maximum Gasteiger partial charge on any atom is 0.171 e. The molecule has 32 heavy (non-hydrogen) atoms. The Labute approximate surface area is 194 Å². The van der Waals surface area contributed by atoms with Crippen molar-refractivity contribution in [1.82, 2.24) is 34.9 Å². The van der Waals surface area contributed by atoms with Gasteiger partial charge in [0.15, 0.2) is 5.82 Å². The lowest BCUT2D eigenvalue weighted by Gasteiger charge is -2.34. The number of likely N-dealkylation sites (tertiary alicyclic amines) is 1. The third-order valence-corrected chi connectivity index (χ3v) is 6.21. The van der Waals surface area contributed by atoms with Crippen LogP contribution in [-0.2, 0) is 13.1 Å². The predicted octanol–water partition coefficient (Wildman–Crippen LogP) is 4.52. The van der Waals surface area contributed by atoms with Gasteiger partial charge in [-0.05, 0) is 79.1 Å². The first-order valence-electron chi connectivity index (χ1n) is 11.1. The van der Waals surface area contributed by atoms with E-state index in [0.29, 0.717) is 17.4 Å². The maximum absolute atomic E-state index is 6.23. The van der Waals surface area contributed by atoms with Crippen LogP contribution in [0.2, 0.25) is 5.02 Å². The van der Waals surface area contributed by atoms with E-state index >= 15 is 0 Å². The molecule has 1 aromatic carbocycles. The summed E-state index contributed by atoms with van der Waals surface area (Å²) >= 11 is 6.23. The summed E-state index contributed by atoms with van der Waals surface area (Å²) in [7, 11) is 0. The number of allylic oxidation sites excluding steroid dienone is 1. The molecular formula is C24H30ClN7. The fraction of sp³-hybridized carbons (Fsp3) is 0.417. The fourth-order valence-electron chi connectivity index (χ4n) is 4.12. The van der Waals surface area contributed by atoms with E-state index < -0.39 is 0 Å². The Balaban J connectivity index is 1.31. The van der Waals surface area contributed by atoms with Gasteiger partial charge in [-0.15, -0.1) is 10.2 Å². The molecule has 0 bridgehead atoms. The van der Waals surface area contributed by atoms with E-state index in [-0.39, 0.29) is 0 Å². The number of hydrogen-bond acceptors (Lipinski definition) is 5. The zero-order valence-electron chi connectivity index (χ0n) is 18.8. The summed E-state index contributed by atoms with van der Waals surface area (Å²) in [6.07, 6.45) is 11.8. The number of rotatable bonds is 8. The molecular weight excluding hydrogens is 422 g/mol. The van der Waals surface area contributed by atoms with Gasteiger partial charge >= 0.3 is 0 Å². The molecule has 4 rings (SSSR count). The molecule has 0 unspecified atom stereocenters. The first kappa shape index (κ1) is 22.3. The van der Waals surface area contributed by atoms with Gasteiger partial charge < -0.3 is 4.90 Å². The van der Waals surface area contributed by atoms with Crippen molar-refractivity contribution < 1.29 is 0 Å². The second-order valence-corrected chi connectivity index (χ2v) is 8.97. The molecule has 0 aliphatic carbocycles. The van der Waals surface area contributed by atoms with E-state index in [2.05, 4.69) is 61.9 Å². The summed E-state index contributed by atoms with van der Waals surface area (Å²) in [6.45, 7) is 11.8. The highest BCUT2D eigenvalue weighted by atomic mass is 35.5. The number of benzene rings is 1. The Morgan fingerprint density at radius 2 is 2.06 bits per heavy atom. The zero-order chi connectivity index (χ0) is 22.5. The number of aryl methyl sites for hydroxylation is 3. The van der Waals surface area contributed by atoms with Crippen molar-refractivity contribution in [2.24, 2.45) is 5.92 Å². The van der Waals surface area contributed by atoms with Crippen LogP contribution < -0.4 is 0 Å². The quantitative estimate of drug-likeness (QED) is 0.471. The highest BCUT2D eigenvalue weighted by Gasteiger charge is 2.19. The minimum Gasteiger partial charge on any atom is -0.372 e. The van der Waals surface area contributed by atoms with Crippen molar-refractivity contribution in [1.29, 1.82) is 0 Å². The van der Waals surface area contributed by atoms with Crippen LogP contribution in [0.1, 0.15) is 41.8 Å². The summed E-state index contributed by atoms with van der Waals surface area (Å²) in [6, 6.07) is 5.88. The van der Waals surface area contributed by atoms with Gasteiger partial charge in [0.25, 0.3) is 0 Å². The zero-order valence-corrected chi connectivity index (χ0v) is 19.5. The molecule has 1 aliphatic rings. The van der Waals surface area contributed by atoms with Crippen molar-refractivity contribution in [3.63, 3.8) is 0 Å². The summed E-state index contributed by atoms with van der Waals surface area (Å²) in [5.74, 6) is 1.40. The second-order valence-electron chi connectivity index (χ2n) is 8.53. The van der Waals surface area contributed by atoms with Gasteiger partial charge in [0.05, 0.1) is 12.7 Å². The van der Waals surface area contributed by atoms with Crippen LogP contribution in [0.4, 0.5) is 0 Å². The van der Waals surface area contributed by atoms with E-state index in [4.69, 9.17) is 11.6 Å². The number of aromatic nitrogens is 6. The third kappa shape index (κ3) is 5.85. The van der Waals surface area contributed by atoms with Gasteiger partial charge in [-0.25, -0.2) is 0 Å². The molecule has 7 nitrogen and oxygen atoms in total. The minimum absolute atomic E-state index is 0.523.